The first-order valence-corrected chi connectivity index (χ1v) is 6.54. The number of carbonyl (C=O) groups is 2. The predicted molar refractivity (Wildman–Crippen MR) is 65.6 cm³/mol. The first-order valence-electron chi connectivity index (χ1n) is 6.54. The zero-order chi connectivity index (χ0) is 13.3. The quantitative estimate of drug-likeness (QED) is 0.556. The summed E-state index contributed by atoms with van der Waals surface area (Å²) >= 11 is 0. The van der Waals surface area contributed by atoms with Crippen LogP contribution in [-0.2, 0) is 19.1 Å². The third kappa shape index (κ3) is 2.28. The summed E-state index contributed by atoms with van der Waals surface area (Å²) in [4.78, 5) is 23.3. The molecule has 0 aromatic rings. The fourth-order valence-electron chi connectivity index (χ4n) is 3.31. The first kappa shape index (κ1) is 13.1. The lowest BCUT2D eigenvalue weighted by Gasteiger charge is -2.39. The van der Waals surface area contributed by atoms with Gasteiger partial charge in [-0.2, -0.15) is 0 Å². The van der Waals surface area contributed by atoms with E-state index in [9.17, 15) is 9.59 Å². The molecule has 2 rings (SSSR count). The summed E-state index contributed by atoms with van der Waals surface area (Å²) in [6.07, 6.45) is 3.76. The normalized spacial score (nSPS) is 39.5. The molecular formula is C14H20O4. The number of esters is 2. The summed E-state index contributed by atoms with van der Waals surface area (Å²) in [7, 11) is 0. The molecule has 0 aromatic carbocycles. The maximum atomic E-state index is 11.7. The number of cyclic esters (lactones) is 1. The number of allylic oxidation sites excluding steroid dienone is 1. The molecule has 18 heavy (non-hydrogen) atoms. The summed E-state index contributed by atoms with van der Waals surface area (Å²) < 4.78 is 10.6. The van der Waals surface area contributed by atoms with Gasteiger partial charge in [-0.3, -0.25) is 4.79 Å². The van der Waals surface area contributed by atoms with Crippen molar-refractivity contribution in [1.29, 1.82) is 0 Å². The standard InChI is InChI=1S/C14H20O4/c1-4-5-11(15)18-13-8(2)6-10-7-17-14(16)12(10)9(13)3/h4-5,8-10,12-13H,6-7H2,1-3H3/b5-4+. The van der Waals surface area contributed by atoms with Crippen molar-refractivity contribution in [3.8, 4) is 0 Å². The number of hydrogen-bond acceptors (Lipinski definition) is 4. The molecule has 0 amide bonds. The van der Waals surface area contributed by atoms with Crippen molar-refractivity contribution in [3.63, 3.8) is 0 Å². The van der Waals surface area contributed by atoms with Crippen molar-refractivity contribution >= 4 is 11.9 Å². The van der Waals surface area contributed by atoms with Crippen LogP contribution in [-0.4, -0.2) is 24.6 Å². The maximum Gasteiger partial charge on any atom is 0.330 e. The van der Waals surface area contributed by atoms with Crippen LogP contribution >= 0.6 is 0 Å². The number of fused-ring (bicyclic) bond motifs is 1. The first-order chi connectivity index (χ1) is 8.54. The molecule has 4 heteroatoms. The molecule has 1 heterocycles. The lowest BCUT2D eigenvalue weighted by molar-refractivity contribution is -0.158. The lowest BCUT2D eigenvalue weighted by Crippen LogP contribution is -2.44. The van der Waals surface area contributed by atoms with Crippen molar-refractivity contribution < 1.29 is 19.1 Å². The molecule has 5 unspecified atom stereocenters. The van der Waals surface area contributed by atoms with Crippen LogP contribution in [0, 0.1) is 23.7 Å². The molecule has 0 spiro atoms. The van der Waals surface area contributed by atoms with E-state index in [4.69, 9.17) is 9.47 Å². The molecular weight excluding hydrogens is 232 g/mol. The maximum absolute atomic E-state index is 11.7. The second kappa shape index (κ2) is 5.12. The third-order valence-electron chi connectivity index (χ3n) is 4.09. The van der Waals surface area contributed by atoms with Gasteiger partial charge in [0.15, 0.2) is 0 Å². The summed E-state index contributed by atoms with van der Waals surface area (Å²) in [5.74, 6) is 0.0224. The van der Waals surface area contributed by atoms with Gasteiger partial charge in [-0.25, -0.2) is 4.79 Å². The Morgan fingerprint density at radius 1 is 1.44 bits per heavy atom. The van der Waals surface area contributed by atoms with Crippen LogP contribution in [0.2, 0.25) is 0 Å². The van der Waals surface area contributed by atoms with Gasteiger partial charge < -0.3 is 9.47 Å². The molecule has 4 nitrogen and oxygen atoms in total. The van der Waals surface area contributed by atoms with Gasteiger partial charge in [-0.15, -0.1) is 0 Å². The molecule has 1 saturated heterocycles. The van der Waals surface area contributed by atoms with Crippen LogP contribution in [0.1, 0.15) is 27.2 Å². The lowest BCUT2D eigenvalue weighted by atomic mass is 9.68. The van der Waals surface area contributed by atoms with Gasteiger partial charge in [-0.1, -0.05) is 19.9 Å². The summed E-state index contributed by atoms with van der Waals surface area (Å²) in [6.45, 7) is 6.35. The minimum atomic E-state index is -0.328. The highest BCUT2D eigenvalue weighted by Crippen LogP contribution is 2.43. The van der Waals surface area contributed by atoms with E-state index < -0.39 is 0 Å². The Morgan fingerprint density at radius 2 is 2.17 bits per heavy atom. The topological polar surface area (TPSA) is 52.6 Å². The van der Waals surface area contributed by atoms with Crippen molar-refractivity contribution in [1.82, 2.24) is 0 Å². The molecule has 100 valence electrons. The highest BCUT2D eigenvalue weighted by Gasteiger charge is 2.50. The zero-order valence-electron chi connectivity index (χ0n) is 11.1. The Bertz CT molecular complexity index is 374. The fourth-order valence-corrected chi connectivity index (χ4v) is 3.31. The second-order valence-electron chi connectivity index (χ2n) is 5.39. The van der Waals surface area contributed by atoms with Crippen LogP contribution in [0.25, 0.3) is 0 Å². The van der Waals surface area contributed by atoms with Crippen LogP contribution in [0.15, 0.2) is 12.2 Å². The van der Waals surface area contributed by atoms with Crippen LogP contribution < -0.4 is 0 Å². The van der Waals surface area contributed by atoms with Crippen molar-refractivity contribution in [2.45, 2.75) is 33.3 Å². The Hall–Kier alpha value is -1.32. The van der Waals surface area contributed by atoms with E-state index in [0.717, 1.165) is 6.42 Å². The van der Waals surface area contributed by atoms with Gasteiger partial charge in [0.05, 0.1) is 12.5 Å². The number of rotatable bonds is 2. The molecule has 0 N–H and O–H groups in total. The molecule has 0 aromatic heterocycles. The van der Waals surface area contributed by atoms with E-state index in [1.807, 2.05) is 6.92 Å². The Labute approximate surface area is 107 Å². The molecule has 2 fully saturated rings. The molecule has 1 saturated carbocycles. The zero-order valence-corrected chi connectivity index (χ0v) is 11.1. The summed E-state index contributed by atoms with van der Waals surface area (Å²) in [6, 6.07) is 0. The van der Waals surface area contributed by atoms with E-state index in [-0.39, 0.29) is 35.8 Å². The molecule has 0 radical (unpaired) electrons. The molecule has 1 aliphatic carbocycles. The summed E-state index contributed by atoms with van der Waals surface area (Å²) in [5.41, 5.74) is 0. The van der Waals surface area contributed by atoms with Gasteiger partial charge in [0.25, 0.3) is 0 Å². The van der Waals surface area contributed by atoms with E-state index in [1.165, 1.54) is 6.08 Å². The highest BCUT2D eigenvalue weighted by atomic mass is 16.6. The average Bonchev–Trinajstić information content (AvgIpc) is 2.66. The van der Waals surface area contributed by atoms with Gasteiger partial charge in [-0.05, 0) is 19.3 Å². The third-order valence-corrected chi connectivity index (χ3v) is 4.09. The van der Waals surface area contributed by atoms with E-state index >= 15 is 0 Å². The van der Waals surface area contributed by atoms with Crippen LogP contribution in [0.5, 0.6) is 0 Å². The van der Waals surface area contributed by atoms with Crippen molar-refractivity contribution in [2.75, 3.05) is 6.61 Å². The van der Waals surface area contributed by atoms with Gasteiger partial charge in [0, 0.05) is 17.9 Å². The van der Waals surface area contributed by atoms with Gasteiger partial charge in [0.1, 0.15) is 6.10 Å². The summed E-state index contributed by atoms with van der Waals surface area (Å²) in [5, 5.41) is 0. The molecule has 1 aliphatic heterocycles. The Kier molecular flexibility index (Phi) is 3.73. The Morgan fingerprint density at radius 3 is 2.83 bits per heavy atom. The van der Waals surface area contributed by atoms with E-state index in [2.05, 4.69) is 6.92 Å². The minimum absolute atomic E-state index is 0.0305. The highest BCUT2D eigenvalue weighted by molar-refractivity contribution is 5.82. The average molecular weight is 252 g/mol. The van der Waals surface area contributed by atoms with E-state index in [0.29, 0.717) is 12.5 Å². The van der Waals surface area contributed by atoms with Crippen LogP contribution in [0.3, 0.4) is 0 Å². The van der Waals surface area contributed by atoms with Crippen molar-refractivity contribution in [2.24, 2.45) is 23.7 Å². The fraction of sp³-hybridized carbons (Fsp3) is 0.714. The largest absolute Gasteiger partial charge is 0.465 e. The Balaban J connectivity index is 2.10. The predicted octanol–water partition coefficient (Wildman–Crippen LogP) is 1.94. The SMILES string of the molecule is C/C=C/C(=O)OC1C(C)CC2COC(=O)C2C1C. The molecule has 5 atom stereocenters. The molecule has 2 aliphatic rings. The smallest absolute Gasteiger partial charge is 0.330 e. The molecule has 0 bridgehead atoms. The van der Waals surface area contributed by atoms with Gasteiger partial charge in [0.2, 0.25) is 0 Å². The number of ether oxygens (including phenoxy) is 2. The van der Waals surface area contributed by atoms with E-state index in [1.54, 1.807) is 13.0 Å². The van der Waals surface area contributed by atoms with Crippen molar-refractivity contribution in [3.05, 3.63) is 12.2 Å². The number of hydrogen-bond donors (Lipinski definition) is 0. The second-order valence-corrected chi connectivity index (χ2v) is 5.39. The van der Waals surface area contributed by atoms with Gasteiger partial charge >= 0.3 is 11.9 Å². The van der Waals surface area contributed by atoms with Crippen LogP contribution in [0.4, 0.5) is 0 Å². The minimum Gasteiger partial charge on any atom is -0.465 e. The monoisotopic (exact) mass is 252 g/mol. The number of carbonyl (C=O) groups excluding carboxylic acids is 2.